The Labute approximate surface area is 429 Å². The lowest BCUT2D eigenvalue weighted by Crippen LogP contribution is -2.62. The molecule has 8 amide bonds. The maximum absolute atomic E-state index is 14.8. The van der Waals surface area contributed by atoms with Gasteiger partial charge in [-0.15, -0.1) is 0 Å². The molecule has 3 aromatic carbocycles. The normalized spacial score (nSPS) is 21.3. The summed E-state index contributed by atoms with van der Waals surface area (Å²) < 4.78 is 8.53. The van der Waals surface area contributed by atoms with Crippen LogP contribution in [0.5, 0.6) is 0 Å². The van der Waals surface area contributed by atoms with Gasteiger partial charge in [-0.25, -0.2) is 9.59 Å². The highest BCUT2D eigenvalue weighted by atomic mass is 16.6. The van der Waals surface area contributed by atoms with Gasteiger partial charge in [0.2, 0.25) is 41.4 Å². The number of imide groups is 1. The Hall–Kier alpha value is -7.39. The van der Waals surface area contributed by atoms with E-state index in [0.717, 1.165) is 16.7 Å². The zero-order valence-corrected chi connectivity index (χ0v) is 42.4. The topological polar surface area (TPSA) is 260 Å². The molecule has 0 saturated carbocycles. The van der Waals surface area contributed by atoms with E-state index in [1.165, 1.54) is 14.0 Å². The molecule has 394 valence electrons. The summed E-state index contributed by atoms with van der Waals surface area (Å²) in [6.45, 7) is 8.26. The van der Waals surface area contributed by atoms with Gasteiger partial charge in [0.1, 0.15) is 29.8 Å². The molecule has 74 heavy (non-hydrogen) atoms. The van der Waals surface area contributed by atoms with Crippen molar-refractivity contribution in [1.82, 2.24) is 50.0 Å². The average Bonchev–Trinajstić information content (AvgIpc) is 3.89. The molecule has 0 aliphatic carbocycles. The number of alkyl carbamates (subject to hydrolysis) is 1. The van der Waals surface area contributed by atoms with Crippen LogP contribution in [0.1, 0.15) is 94.5 Å². The number of benzene rings is 3. The number of rotatable bonds is 15. The molecule has 1 unspecified atom stereocenters. The van der Waals surface area contributed by atoms with E-state index in [2.05, 4.69) is 31.1 Å². The van der Waals surface area contributed by atoms with Gasteiger partial charge < -0.3 is 36.2 Å². The number of piperidine rings is 1. The number of ether oxygens (including phenoxy) is 1. The summed E-state index contributed by atoms with van der Waals surface area (Å²) in [5.74, 6) is -3.42. The van der Waals surface area contributed by atoms with Crippen LogP contribution < -0.4 is 32.7 Å². The second-order valence-corrected chi connectivity index (χ2v) is 20.7. The fourth-order valence-corrected chi connectivity index (χ4v) is 10.5. The van der Waals surface area contributed by atoms with Crippen LogP contribution in [0, 0.1) is 0 Å². The van der Waals surface area contributed by atoms with Crippen LogP contribution in [0.15, 0.2) is 83.7 Å². The predicted molar refractivity (Wildman–Crippen MR) is 272 cm³/mol. The molecule has 0 spiro atoms. The van der Waals surface area contributed by atoms with Gasteiger partial charge in [0, 0.05) is 65.2 Å². The number of primary amides is 1. The molecule has 5 heterocycles. The van der Waals surface area contributed by atoms with E-state index < -0.39 is 77.5 Å². The number of nitrogens with one attached hydrogen (secondary N) is 4. The van der Waals surface area contributed by atoms with Gasteiger partial charge in [0.15, 0.2) is 0 Å². The van der Waals surface area contributed by atoms with Crippen molar-refractivity contribution in [3.05, 3.63) is 106 Å². The van der Waals surface area contributed by atoms with Gasteiger partial charge in [0.25, 0.3) is 0 Å². The fraction of sp³-hybridized carbons (Fsp3) is 0.491. The number of hydrogen-bond acceptors (Lipinski definition) is 12. The predicted octanol–water partition coefficient (Wildman–Crippen LogP) is 1.58. The summed E-state index contributed by atoms with van der Waals surface area (Å²) in [6, 6.07) is 19.1. The number of nitrogens with two attached hydrogens (primary N) is 1. The first-order valence-electron chi connectivity index (χ1n) is 25.4. The van der Waals surface area contributed by atoms with Gasteiger partial charge in [-0.05, 0) is 81.7 Å². The lowest BCUT2D eigenvalue weighted by molar-refractivity contribution is -0.146. The van der Waals surface area contributed by atoms with E-state index in [0.29, 0.717) is 56.6 Å². The molecule has 4 aliphatic rings. The number of amides is 8. The van der Waals surface area contributed by atoms with Crippen LogP contribution in [-0.4, -0.2) is 152 Å². The van der Waals surface area contributed by atoms with Gasteiger partial charge in [-0.2, -0.15) is 0 Å². The molecule has 4 saturated heterocycles. The van der Waals surface area contributed by atoms with Crippen LogP contribution in [0.4, 0.5) is 4.79 Å². The minimum atomic E-state index is -1.27. The monoisotopic (exact) mass is 1020 g/mol. The Morgan fingerprint density at radius 1 is 0.797 bits per heavy atom. The van der Waals surface area contributed by atoms with Crippen molar-refractivity contribution >= 4 is 58.5 Å². The number of nitrogens with zero attached hydrogens (tertiary/aromatic N) is 6. The van der Waals surface area contributed by atoms with Crippen LogP contribution in [0.25, 0.3) is 11.0 Å². The van der Waals surface area contributed by atoms with Crippen molar-refractivity contribution < 1.29 is 43.1 Å². The second kappa shape index (κ2) is 22.8. The number of fused-ring (bicyclic) bond motifs is 2. The highest BCUT2D eigenvalue weighted by molar-refractivity contribution is 6.00. The van der Waals surface area contributed by atoms with Crippen LogP contribution in [-0.2, 0) is 51.9 Å². The molecule has 0 radical (unpaired) electrons. The van der Waals surface area contributed by atoms with E-state index in [1.807, 2.05) is 78.9 Å². The molecule has 0 bridgehead atoms. The van der Waals surface area contributed by atoms with Gasteiger partial charge in [-0.3, -0.25) is 57.8 Å². The van der Waals surface area contributed by atoms with Gasteiger partial charge in [0.05, 0.1) is 30.2 Å². The summed E-state index contributed by atoms with van der Waals surface area (Å²) in [7, 11) is 1.66. The quantitative estimate of drug-likeness (QED) is 0.106. The van der Waals surface area contributed by atoms with Crippen molar-refractivity contribution in [2.45, 2.75) is 114 Å². The molecule has 21 nitrogen and oxygen atoms in total. The number of aromatic nitrogens is 2. The molecule has 4 aromatic rings. The highest BCUT2D eigenvalue weighted by Crippen LogP contribution is 2.31. The summed E-state index contributed by atoms with van der Waals surface area (Å²) in [5, 5.41) is 10.9. The van der Waals surface area contributed by atoms with E-state index in [9.17, 15) is 43.2 Å². The van der Waals surface area contributed by atoms with Crippen LogP contribution in [0.2, 0.25) is 0 Å². The molecule has 4 fully saturated rings. The Kier molecular flexibility index (Phi) is 16.3. The average molecular weight is 1020 g/mol. The summed E-state index contributed by atoms with van der Waals surface area (Å²) in [4.78, 5) is 128. The van der Waals surface area contributed by atoms with Crippen molar-refractivity contribution in [2.24, 2.45) is 12.8 Å². The Balaban J connectivity index is 0.918. The summed E-state index contributed by atoms with van der Waals surface area (Å²) in [6.07, 6.45) is 0.295. The number of carbonyl (C=O) groups excluding carboxylic acids is 8. The largest absolute Gasteiger partial charge is 0.444 e. The van der Waals surface area contributed by atoms with E-state index >= 15 is 0 Å². The molecular formula is C53H67N11O10. The van der Waals surface area contributed by atoms with Gasteiger partial charge >= 0.3 is 11.8 Å². The number of aryl methyl sites for hydroxylation is 1. The minimum Gasteiger partial charge on any atom is -0.444 e. The maximum Gasteiger partial charge on any atom is 0.408 e. The first-order valence-corrected chi connectivity index (χ1v) is 25.4. The summed E-state index contributed by atoms with van der Waals surface area (Å²) in [5.41, 5.74) is 8.15. The van der Waals surface area contributed by atoms with Crippen molar-refractivity contribution in [1.29, 1.82) is 0 Å². The number of hydrogen-bond donors (Lipinski definition) is 5. The SMILES string of the molecule is Cn1c(=O)n(C2CCC(=O)NC2=O)c2ccc(CN3CCN(CC(=O)N4CC[C@H]5CC[C@@H](C(=O)N[C@@H](CCC(N)=O)C(=O)NC(c6ccccc6)c6ccccc6)N5C(=O)[C@@H](NC(=O)OC(C)(C)C)C4)CC3)cc21. The molecule has 5 atom stereocenters. The lowest BCUT2D eigenvalue weighted by atomic mass is 9.98. The van der Waals surface area contributed by atoms with Crippen molar-refractivity contribution in [3.63, 3.8) is 0 Å². The van der Waals surface area contributed by atoms with E-state index in [1.54, 1.807) is 32.7 Å². The molecule has 6 N–H and O–H groups in total. The number of imidazole rings is 1. The van der Waals surface area contributed by atoms with Crippen molar-refractivity contribution in [3.8, 4) is 0 Å². The number of piperazine rings is 1. The van der Waals surface area contributed by atoms with Gasteiger partial charge in [-0.1, -0.05) is 66.7 Å². The third-order valence-electron chi connectivity index (χ3n) is 14.3. The third kappa shape index (κ3) is 12.5. The number of carbonyl (C=O) groups is 8. The smallest absolute Gasteiger partial charge is 0.408 e. The summed E-state index contributed by atoms with van der Waals surface area (Å²) >= 11 is 0. The maximum atomic E-state index is 14.8. The molecule has 21 heteroatoms. The first kappa shape index (κ1) is 52.9. The van der Waals surface area contributed by atoms with Crippen molar-refractivity contribution in [2.75, 3.05) is 45.8 Å². The molecule has 4 aliphatic heterocycles. The molecular weight excluding hydrogens is 951 g/mol. The standard InChI is InChI=1S/C53H67N11O10/c1-53(2,3)74-51(72)56-38-31-62(45(67)32-61-27-25-60(26-28-61)30-33-15-18-39-42(29-33)59(4)52(73)64(39)41-20-22-44(66)57-49(41)70)24-23-36-16-19-40(63(36)50(38)71)48(69)55-37(17-21-43(54)65)47(68)58-46(34-11-7-5-8-12-34)35-13-9-6-10-14-35/h5-15,18,29,36-38,40-41,46H,16-17,19-28,30-32H2,1-4H3,(H2,54,65)(H,55,69)(H,56,72)(H,58,68)(H,57,66,70)/t36-,37+,38+,40+,41?/m1/s1. The third-order valence-corrected chi connectivity index (χ3v) is 14.3. The Morgan fingerprint density at radius 3 is 2.09 bits per heavy atom. The molecule has 8 rings (SSSR count). The first-order chi connectivity index (χ1) is 35.3. The highest BCUT2D eigenvalue weighted by Gasteiger charge is 2.46. The van der Waals surface area contributed by atoms with E-state index in [4.69, 9.17) is 10.5 Å². The Bertz CT molecular complexity index is 2780. The zero-order valence-electron chi connectivity index (χ0n) is 42.4. The fourth-order valence-electron chi connectivity index (χ4n) is 10.5. The lowest BCUT2D eigenvalue weighted by Gasteiger charge is -2.40. The molecule has 1 aromatic heterocycles. The van der Waals surface area contributed by atoms with E-state index in [-0.39, 0.29) is 69.2 Å². The minimum absolute atomic E-state index is 0.0761. The van der Waals surface area contributed by atoms with Crippen LogP contribution >= 0.6 is 0 Å². The zero-order chi connectivity index (χ0) is 52.8. The Morgan fingerprint density at radius 2 is 1.46 bits per heavy atom. The van der Waals surface area contributed by atoms with Crippen LogP contribution in [0.3, 0.4) is 0 Å². The second-order valence-electron chi connectivity index (χ2n) is 20.7.